The number of esters is 1. The smallest absolute Gasteiger partial charge is 0.303 e. The lowest BCUT2D eigenvalue weighted by molar-refractivity contribution is -0.164. The third-order valence-electron chi connectivity index (χ3n) is 2.13. The Morgan fingerprint density at radius 1 is 1.73 bits per heavy atom. The number of hydrogen-bond acceptors (Lipinski definition) is 4. The molecule has 0 saturated carbocycles. The van der Waals surface area contributed by atoms with Crippen molar-refractivity contribution in [2.24, 2.45) is 5.11 Å². The minimum Gasteiger partial charge on any atom is -0.459 e. The first-order valence-corrected chi connectivity index (χ1v) is 4.99. The molecular formula is C8H12ClN3O3. The second kappa shape index (κ2) is 5.21. The monoisotopic (exact) mass is 233 g/mol. The van der Waals surface area contributed by atoms with E-state index in [0.29, 0.717) is 6.42 Å². The summed E-state index contributed by atoms with van der Waals surface area (Å²) < 4.78 is 10.3. The third kappa shape index (κ3) is 3.27. The summed E-state index contributed by atoms with van der Waals surface area (Å²) in [6.07, 6.45) is -0.595. The molecule has 0 N–H and O–H groups in total. The molecule has 15 heavy (non-hydrogen) atoms. The lowest BCUT2D eigenvalue weighted by Gasteiger charge is -2.35. The van der Waals surface area contributed by atoms with Gasteiger partial charge in [0.15, 0.2) is 0 Å². The molecule has 0 aliphatic carbocycles. The Labute approximate surface area is 92.1 Å². The molecule has 1 rings (SSSR count). The highest BCUT2D eigenvalue weighted by Gasteiger charge is 2.37. The van der Waals surface area contributed by atoms with Crippen molar-refractivity contribution in [1.29, 1.82) is 0 Å². The fraction of sp³-hybridized carbons (Fsp3) is 0.875. The van der Waals surface area contributed by atoms with Crippen LogP contribution < -0.4 is 0 Å². The Morgan fingerprint density at radius 2 is 2.40 bits per heavy atom. The fourth-order valence-corrected chi connectivity index (χ4v) is 1.89. The van der Waals surface area contributed by atoms with Crippen molar-refractivity contribution in [2.45, 2.75) is 44.1 Å². The Hall–Kier alpha value is -0.970. The van der Waals surface area contributed by atoms with E-state index in [9.17, 15) is 4.79 Å². The van der Waals surface area contributed by atoms with Gasteiger partial charge >= 0.3 is 5.97 Å². The number of ether oxygens (including phenoxy) is 2. The molecule has 0 aromatic rings. The van der Waals surface area contributed by atoms with Crippen LogP contribution in [-0.2, 0) is 14.3 Å². The van der Waals surface area contributed by atoms with E-state index in [0.717, 1.165) is 0 Å². The predicted molar refractivity (Wildman–Crippen MR) is 53.3 cm³/mol. The van der Waals surface area contributed by atoms with Crippen LogP contribution in [0.2, 0.25) is 0 Å². The van der Waals surface area contributed by atoms with Gasteiger partial charge in [-0.05, 0) is 18.9 Å². The molecule has 6 nitrogen and oxygen atoms in total. The SMILES string of the molecule is CC(=O)O[C@H]1[C@@H](N=[N+]=[N-])C[C@@H](Cl)O[C@H]1C. The first-order valence-electron chi connectivity index (χ1n) is 4.55. The van der Waals surface area contributed by atoms with Gasteiger partial charge in [0, 0.05) is 11.8 Å². The van der Waals surface area contributed by atoms with E-state index in [2.05, 4.69) is 10.0 Å². The largest absolute Gasteiger partial charge is 0.459 e. The molecule has 1 heterocycles. The first kappa shape index (κ1) is 12.1. The van der Waals surface area contributed by atoms with Crippen LogP contribution in [0.4, 0.5) is 0 Å². The molecule has 0 aromatic carbocycles. The molecule has 0 radical (unpaired) electrons. The van der Waals surface area contributed by atoms with Gasteiger partial charge in [-0.25, -0.2) is 0 Å². The van der Waals surface area contributed by atoms with Crippen molar-refractivity contribution < 1.29 is 14.3 Å². The van der Waals surface area contributed by atoms with Gasteiger partial charge < -0.3 is 9.47 Å². The Kier molecular flexibility index (Phi) is 4.20. The van der Waals surface area contributed by atoms with Crippen LogP contribution in [0.5, 0.6) is 0 Å². The number of hydrogen-bond donors (Lipinski definition) is 0. The van der Waals surface area contributed by atoms with Crippen LogP contribution >= 0.6 is 11.6 Å². The summed E-state index contributed by atoms with van der Waals surface area (Å²) in [5.74, 6) is -0.429. The van der Waals surface area contributed by atoms with Crippen LogP contribution in [0, 0.1) is 0 Å². The van der Waals surface area contributed by atoms with E-state index in [1.54, 1.807) is 6.92 Å². The number of rotatable bonds is 2. The summed E-state index contributed by atoms with van der Waals surface area (Å²) in [6.45, 7) is 3.02. The van der Waals surface area contributed by atoms with Crippen LogP contribution in [0.3, 0.4) is 0 Å². The zero-order valence-electron chi connectivity index (χ0n) is 8.46. The third-order valence-corrected chi connectivity index (χ3v) is 2.41. The van der Waals surface area contributed by atoms with Crippen molar-refractivity contribution in [3.63, 3.8) is 0 Å². The number of halogens is 1. The van der Waals surface area contributed by atoms with Gasteiger partial charge in [-0.3, -0.25) is 4.79 Å². The summed E-state index contributed by atoms with van der Waals surface area (Å²) in [7, 11) is 0. The van der Waals surface area contributed by atoms with Gasteiger partial charge in [0.2, 0.25) is 0 Å². The molecule has 0 bridgehead atoms. The molecule has 1 saturated heterocycles. The number of nitrogens with zero attached hydrogens (tertiary/aromatic N) is 3. The zero-order valence-corrected chi connectivity index (χ0v) is 9.22. The molecule has 0 unspecified atom stereocenters. The van der Waals surface area contributed by atoms with Crippen LogP contribution in [-0.4, -0.2) is 29.8 Å². The van der Waals surface area contributed by atoms with E-state index in [1.807, 2.05) is 0 Å². The second-order valence-electron chi connectivity index (χ2n) is 3.33. The highest BCUT2D eigenvalue weighted by atomic mass is 35.5. The molecule has 4 atom stereocenters. The highest BCUT2D eigenvalue weighted by molar-refractivity contribution is 6.19. The minimum atomic E-state index is -0.562. The van der Waals surface area contributed by atoms with Gasteiger partial charge in [0.05, 0.1) is 12.1 Å². The van der Waals surface area contributed by atoms with Gasteiger partial charge in [-0.15, -0.1) is 0 Å². The van der Waals surface area contributed by atoms with E-state index >= 15 is 0 Å². The number of alkyl halides is 1. The standard InChI is InChI=1S/C8H12ClN3O3/c1-4-8(15-5(2)13)6(11-12-10)3-7(9)14-4/h4,6-8H,3H2,1-2H3/t4-,6-,7-,8+/m0/s1. The van der Waals surface area contributed by atoms with Gasteiger partial charge in [-0.1, -0.05) is 16.7 Å². The summed E-state index contributed by atoms with van der Waals surface area (Å²) in [6, 6.07) is -0.467. The summed E-state index contributed by atoms with van der Waals surface area (Å²) in [4.78, 5) is 13.5. The number of azide groups is 1. The fourth-order valence-electron chi connectivity index (χ4n) is 1.55. The highest BCUT2D eigenvalue weighted by Crippen LogP contribution is 2.27. The van der Waals surface area contributed by atoms with Gasteiger partial charge in [0.1, 0.15) is 11.7 Å². The molecule has 1 fully saturated rings. The Balaban J connectivity index is 2.76. The van der Waals surface area contributed by atoms with Crippen molar-refractivity contribution in [2.75, 3.05) is 0 Å². The normalized spacial score (nSPS) is 35.4. The Morgan fingerprint density at radius 3 is 2.93 bits per heavy atom. The maximum absolute atomic E-state index is 10.8. The van der Waals surface area contributed by atoms with Crippen LogP contribution in [0.1, 0.15) is 20.3 Å². The van der Waals surface area contributed by atoms with Crippen molar-refractivity contribution in [3.05, 3.63) is 10.4 Å². The zero-order chi connectivity index (χ0) is 11.4. The van der Waals surface area contributed by atoms with E-state index in [1.165, 1.54) is 6.92 Å². The minimum absolute atomic E-state index is 0.341. The van der Waals surface area contributed by atoms with Crippen molar-refractivity contribution >= 4 is 17.6 Å². The summed E-state index contributed by atoms with van der Waals surface area (Å²) in [5.41, 5.74) is 7.87. The molecule has 0 aromatic heterocycles. The summed E-state index contributed by atoms with van der Waals surface area (Å²) >= 11 is 5.80. The number of carbonyl (C=O) groups is 1. The molecule has 1 aliphatic rings. The van der Waals surface area contributed by atoms with Crippen LogP contribution in [0.15, 0.2) is 5.11 Å². The van der Waals surface area contributed by atoms with Gasteiger partial charge in [-0.2, -0.15) is 0 Å². The maximum atomic E-state index is 10.8. The summed E-state index contributed by atoms with van der Waals surface area (Å²) in [5, 5.41) is 3.56. The molecule has 0 amide bonds. The van der Waals surface area contributed by atoms with E-state index in [-0.39, 0.29) is 6.10 Å². The lowest BCUT2D eigenvalue weighted by Crippen LogP contribution is -2.46. The average Bonchev–Trinajstić information content (AvgIpc) is 2.11. The molecule has 0 spiro atoms. The predicted octanol–water partition coefficient (Wildman–Crippen LogP) is 1.97. The van der Waals surface area contributed by atoms with Crippen LogP contribution in [0.25, 0.3) is 10.4 Å². The number of carbonyl (C=O) groups excluding carboxylic acids is 1. The molecular weight excluding hydrogens is 222 g/mol. The van der Waals surface area contributed by atoms with Crippen molar-refractivity contribution in [3.8, 4) is 0 Å². The lowest BCUT2D eigenvalue weighted by atomic mass is 10.0. The molecule has 84 valence electrons. The van der Waals surface area contributed by atoms with E-state index in [4.69, 9.17) is 26.6 Å². The van der Waals surface area contributed by atoms with Gasteiger partial charge in [0.25, 0.3) is 0 Å². The Bertz CT molecular complexity index is 293. The molecule has 7 heteroatoms. The first-order chi connectivity index (χ1) is 7.04. The quantitative estimate of drug-likeness (QED) is 0.240. The topological polar surface area (TPSA) is 84.3 Å². The van der Waals surface area contributed by atoms with Crippen molar-refractivity contribution in [1.82, 2.24) is 0 Å². The van der Waals surface area contributed by atoms with E-state index < -0.39 is 23.7 Å². The maximum Gasteiger partial charge on any atom is 0.303 e. The second-order valence-corrected chi connectivity index (χ2v) is 3.82. The average molecular weight is 234 g/mol. The molecule has 1 aliphatic heterocycles.